The Labute approximate surface area is 168 Å². The quantitative estimate of drug-likeness (QED) is 0.460. The second-order valence-corrected chi connectivity index (χ2v) is 6.96. The molecule has 0 unspecified atom stereocenters. The first-order valence-electron chi connectivity index (χ1n) is 10.1. The van der Waals surface area contributed by atoms with Crippen LogP contribution in [0.5, 0.6) is 11.5 Å². The van der Waals surface area contributed by atoms with Crippen molar-refractivity contribution in [2.75, 3.05) is 0 Å². The van der Waals surface area contributed by atoms with Gasteiger partial charge in [0, 0.05) is 5.92 Å². The summed E-state index contributed by atoms with van der Waals surface area (Å²) in [7, 11) is 0. The summed E-state index contributed by atoms with van der Waals surface area (Å²) in [6.07, 6.45) is 9.39. The van der Waals surface area contributed by atoms with Crippen molar-refractivity contribution in [2.45, 2.75) is 65.2 Å². The van der Waals surface area contributed by atoms with E-state index in [1.54, 1.807) is 12.5 Å². The van der Waals surface area contributed by atoms with Gasteiger partial charge in [0.1, 0.15) is 11.5 Å². The average Bonchev–Trinajstić information content (AvgIpc) is 2.70. The monoisotopic (exact) mass is 376 g/mol. The maximum absolute atomic E-state index is 8.90. The van der Waals surface area contributed by atoms with Gasteiger partial charge >= 0.3 is 0 Å². The standard InChI is InChI=1S/C24H28N2O2/c1-4-7-20-14-18(10-12-23(20)27-16-25)22(9-6-3)19-11-13-24(28-17-26)21(15-19)8-5-2/h10-15,22H,4-9H2,1-3H3. The Kier molecular flexibility index (Phi) is 8.37. The fourth-order valence-corrected chi connectivity index (χ4v) is 3.67. The topological polar surface area (TPSA) is 66.0 Å². The second kappa shape index (κ2) is 11.0. The van der Waals surface area contributed by atoms with Gasteiger partial charge < -0.3 is 9.47 Å². The maximum atomic E-state index is 8.90. The van der Waals surface area contributed by atoms with Crippen molar-refractivity contribution in [3.05, 3.63) is 58.7 Å². The fraction of sp³-hybridized carbons (Fsp3) is 0.417. The van der Waals surface area contributed by atoms with E-state index in [2.05, 4.69) is 45.0 Å². The van der Waals surface area contributed by atoms with E-state index < -0.39 is 0 Å². The van der Waals surface area contributed by atoms with E-state index in [0.29, 0.717) is 11.5 Å². The van der Waals surface area contributed by atoms with E-state index >= 15 is 0 Å². The van der Waals surface area contributed by atoms with Gasteiger partial charge in [0.15, 0.2) is 0 Å². The minimum Gasteiger partial charge on any atom is -0.388 e. The van der Waals surface area contributed by atoms with E-state index in [9.17, 15) is 0 Å². The number of ether oxygens (including phenoxy) is 2. The summed E-state index contributed by atoms with van der Waals surface area (Å²) in [5, 5.41) is 17.8. The molecule has 0 aliphatic heterocycles. The minimum absolute atomic E-state index is 0.253. The molecule has 28 heavy (non-hydrogen) atoms. The van der Waals surface area contributed by atoms with Crippen molar-refractivity contribution in [2.24, 2.45) is 0 Å². The molecular formula is C24H28N2O2. The van der Waals surface area contributed by atoms with Gasteiger partial charge in [-0.2, -0.15) is 0 Å². The number of rotatable bonds is 10. The fourth-order valence-electron chi connectivity index (χ4n) is 3.67. The van der Waals surface area contributed by atoms with E-state index in [0.717, 1.165) is 49.7 Å². The molecule has 0 saturated carbocycles. The summed E-state index contributed by atoms with van der Waals surface area (Å²) >= 11 is 0. The van der Waals surface area contributed by atoms with Gasteiger partial charge in [0.25, 0.3) is 12.5 Å². The molecule has 0 saturated heterocycles. The number of benzene rings is 2. The third-order valence-corrected chi connectivity index (χ3v) is 4.90. The van der Waals surface area contributed by atoms with Crippen molar-refractivity contribution >= 4 is 0 Å². The molecule has 4 heteroatoms. The average molecular weight is 377 g/mol. The molecule has 2 aromatic rings. The van der Waals surface area contributed by atoms with Gasteiger partial charge in [-0.15, -0.1) is 10.5 Å². The molecule has 0 radical (unpaired) electrons. The van der Waals surface area contributed by atoms with Crippen molar-refractivity contribution in [3.63, 3.8) is 0 Å². The summed E-state index contributed by atoms with van der Waals surface area (Å²) in [6, 6.07) is 12.3. The van der Waals surface area contributed by atoms with Gasteiger partial charge in [-0.1, -0.05) is 64.3 Å². The molecule has 0 aliphatic carbocycles. The SMILES string of the molecule is CCCc1cc(C(CCC)c2ccc(OC#N)c(CCC)c2)ccc1OC#N. The highest BCUT2D eigenvalue weighted by Gasteiger charge is 2.18. The predicted octanol–water partition coefficient (Wildman–Crippen LogP) is 6.24. The Hall–Kier alpha value is -2.98. The van der Waals surface area contributed by atoms with Crippen LogP contribution in [0.15, 0.2) is 36.4 Å². The Morgan fingerprint density at radius 3 is 1.57 bits per heavy atom. The Balaban J connectivity index is 2.48. The van der Waals surface area contributed by atoms with Crippen LogP contribution in [-0.2, 0) is 12.8 Å². The van der Waals surface area contributed by atoms with E-state index in [1.807, 2.05) is 12.1 Å². The molecule has 0 atom stereocenters. The summed E-state index contributed by atoms with van der Waals surface area (Å²) in [5.74, 6) is 1.55. The summed E-state index contributed by atoms with van der Waals surface area (Å²) in [6.45, 7) is 6.43. The Bertz CT molecular complexity index is 792. The second-order valence-electron chi connectivity index (χ2n) is 6.96. The Morgan fingerprint density at radius 1 is 0.750 bits per heavy atom. The van der Waals surface area contributed by atoms with Crippen LogP contribution in [-0.4, -0.2) is 0 Å². The van der Waals surface area contributed by atoms with Crippen LogP contribution >= 0.6 is 0 Å². The first-order chi connectivity index (χ1) is 13.7. The molecule has 0 aromatic heterocycles. The normalized spacial score (nSPS) is 10.4. The number of hydrogen-bond acceptors (Lipinski definition) is 4. The van der Waals surface area contributed by atoms with Crippen molar-refractivity contribution in [1.82, 2.24) is 0 Å². The first-order valence-corrected chi connectivity index (χ1v) is 10.1. The molecule has 0 fully saturated rings. The Morgan fingerprint density at radius 2 is 1.21 bits per heavy atom. The molecule has 2 aromatic carbocycles. The summed E-state index contributed by atoms with van der Waals surface area (Å²) < 4.78 is 10.3. The highest BCUT2D eigenvalue weighted by atomic mass is 16.5. The van der Waals surface area contributed by atoms with E-state index in [4.69, 9.17) is 20.0 Å². The van der Waals surface area contributed by atoms with Crippen molar-refractivity contribution in [1.29, 1.82) is 10.5 Å². The zero-order valence-corrected chi connectivity index (χ0v) is 17.0. The van der Waals surface area contributed by atoms with E-state index in [1.165, 1.54) is 11.1 Å². The lowest BCUT2D eigenvalue weighted by Crippen LogP contribution is -2.04. The van der Waals surface area contributed by atoms with Gasteiger partial charge in [0.2, 0.25) is 0 Å². The summed E-state index contributed by atoms with van der Waals surface area (Å²) in [5.41, 5.74) is 4.60. The molecule has 0 heterocycles. The highest BCUT2D eigenvalue weighted by molar-refractivity contribution is 5.45. The van der Waals surface area contributed by atoms with Crippen LogP contribution in [0.25, 0.3) is 0 Å². The lowest BCUT2D eigenvalue weighted by atomic mass is 9.85. The molecule has 146 valence electrons. The number of aryl methyl sites for hydroxylation is 2. The zero-order chi connectivity index (χ0) is 20.4. The van der Waals surface area contributed by atoms with Crippen LogP contribution in [0.2, 0.25) is 0 Å². The minimum atomic E-state index is 0.253. The molecular weight excluding hydrogens is 348 g/mol. The molecule has 2 rings (SSSR count). The van der Waals surface area contributed by atoms with Crippen LogP contribution < -0.4 is 9.47 Å². The lowest BCUT2D eigenvalue weighted by molar-refractivity contribution is 0.498. The van der Waals surface area contributed by atoms with Crippen molar-refractivity contribution in [3.8, 4) is 24.0 Å². The highest BCUT2D eigenvalue weighted by Crippen LogP contribution is 2.35. The van der Waals surface area contributed by atoms with Gasteiger partial charge in [-0.25, -0.2) is 0 Å². The third-order valence-electron chi connectivity index (χ3n) is 4.90. The molecule has 4 nitrogen and oxygen atoms in total. The molecule has 0 N–H and O–H groups in total. The molecule has 0 bridgehead atoms. The predicted molar refractivity (Wildman–Crippen MR) is 110 cm³/mol. The number of nitrogens with zero attached hydrogens (tertiary/aromatic N) is 2. The molecule has 0 amide bonds. The maximum Gasteiger partial charge on any atom is 0.292 e. The van der Waals surface area contributed by atoms with Crippen LogP contribution in [0.1, 0.15) is 74.6 Å². The van der Waals surface area contributed by atoms with Crippen LogP contribution in [0.4, 0.5) is 0 Å². The van der Waals surface area contributed by atoms with Gasteiger partial charge in [-0.05, 0) is 53.6 Å². The first kappa shape index (κ1) is 21.3. The third kappa shape index (κ3) is 5.27. The van der Waals surface area contributed by atoms with E-state index in [-0.39, 0.29) is 5.92 Å². The van der Waals surface area contributed by atoms with Crippen LogP contribution in [0.3, 0.4) is 0 Å². The smallest absolute Gasteiger partial charge is 0.292 e. The van der Waals surface area contributed by atoms with Crippen LogP contribution in [0, 0.1) is 23.0 Å². The zero-order valence-electron chi connectivity index (χ0n) is 17.0. The molecule has 0 aliphatic rings. The summed E-state index contributed by atoms with van der Waals surface area (Å²) in [4.78, 5) is 0. The number of nitriles is 2. The number of hydrogen-bond donors (Lipinski definition) is 0. The molecule has 0 spiro atoms. The van der Waals surface area contributed by atoms with Crippen molar-refractivity contribution < 1.29 is 9.47 Å². The lowest BCUT2D eigenvalue weighted by Gasteiger charge is -2.20. The largest absolute Gasteiger partial charge is 0.388 e. The van der Waals surface area contributed by atoms with Gasteiger partial charge in [-0.3, -0.25) is 0 Å². The van der Waals surface area contributed by atoms with Gasteiger partial charge in [0.05, 0.1) is 0 Å².